The molecule has 1 aliphatic rings. The number of allylic oxidation sites excluding steroid dienone is 2. The van der Waals surface area contributed by atoms with E-state index in [-0.39, 0.29) is 24.4 Å². The maximum atomic E-state index is 14.0. The van der Waals surface area contributed by atoms with Crippen molar-refractivity contribution in [2.24, 2.45) is 0 Å². The Morgan fingerprint density at radius 1 is 1.33 bits per heavy atom. The molecule has 1 aliphatic heterocycles. The fourth-order valence-corrected chi connectivity index (χ4v) is 3.50. The molecule has 1 heterocycles. The minimum absolute atomic E-state index is 0.00486. The Hall–Kier alpha value is -1.84. The van der Waals surface area contributed by atoms with Gasteiger partial charge in [0, 0.05) is 22.7 Å². The molecular formula is C18H21F3IN3O5. The predicted octanol–water partition coefficient (Wildman–Crippen LogP) is 1.73. The van der Waals surface area contributed by atoms with Gasteiger partial charge in [-0.2, -0.15) is 19.1 Å². The van der Waals surface area contributed by atoms with Crippen molar-refractivity contribution in [2.45, 2.75) is 25.3 Å². The zero-order valence-corrected chi connectivity index (χ0v) is 17.7. The number of halogens is 4. The van der Waals surface area contributed by atoms with E-state index in [2.05, 4.69) is 10.3 Å². The number of hydroxylamine groups is 2. The summed E-state index contributed by atoms with van der Waals surface area (Å²) in [6.45, 7) is 0.529. The van der Waals surface area contributed by atoms with Crippen LogP contribution in [0.25, 0.3) is 0 Å². The lowest BCUT2D eigenvalue weighted by molar-refractivity contribution is -0.312. The van der Waals surface area contributed by atoms with E-state index in [1.165, 1.54) is 28.3 Å². The van der Waals surface area contributed by atoms with E-state index in [4.69, 9.17) is 9.94 Å². The third-order valence-corrected chi connectivity index (χ3v) is 5.26. The van der Waals surface area contributed by atoms with Crippen LogP contribution in [0.5, 0.6) is 0 Å². The standard InChI is InChI=1S/C18H21F3IN3O5/c19-14-10-22-6-5-15(14)24-17(28)18(20,21)30-25-16(27)13-4-1-3-12(9-13)11-23-29-8-2-7-26/h1,3-6,9-10,17,23-24,26,28H,2,7-8,11H2,(H,25,27). The first-order valence-electron chi connectivity index (χ1n) is 8.70. The van der Waals surface area contributed by atoms with Gasteiger partial charge in [0.2, 0.25) is 6.23 Å². The monoisotopic (exact) mass is 543 g/mol. The maximum Gasteiger partial charge on any atom is 0.419 e. The van der Waals surface area contributed by atoms with Crippen LogP contribution in [0, 0.1) is 0 Å². The fraction of sp³-hybridized carbons (Fsp3) is 0.333. The van der Waals surface area contributed by atoms with E-state index in [1.54, 1.807) is 15.6 Å². The topological polar surface area (TPSA) is 112 Å². The Morgan fingerprint density at radius 3 is 2.87 bits per heavy atom. The number of amides is 1. The van der Waals surface area contributed by atoms with Gasteiger partial charge in [-0.25, -0.2) is 9.87 Å². The summed E-state index contributed by atoms with van der Waals surface area (Å²) in [5.74, 6) is -1.71. The first-order chi connectivity index (χ1) is 14.3. The summed E-state index contributed by atoms with van der Waals surface area (Å²) < 4.78 is 44.4. The minimum Gasteiger partial charge on any atom is -0.396 e. The summed E-state index contributed by atoms with van der Waals surface area (Å²) in [6, 6.07) is 6.03. The first-order valence-corrected chi connectivity index (χ1v) is 11.2. The maximum absolute atomic E-state index is 14.0. The molecule has 0 spiro atoms. The number of alkyl halides is 2. The molecule has 0 radical (unpaired) electrons. The molecule has 1 aromatic carbocycles. The highest BCUT2D eigenvalue weighted by molar-refractivity contribution is 14.2. The summed E-state index contributed by atoms with van der Waals surface area (Å²) >= 11 is -0.618. The Kier molecular flexibility index (Phi) is 9.87. The number of aliphatic hydroxyl groups excluding tert-OH is 2. The van der Waals surface area contributed by atoms with Crippen molar-refractivity contribution in [3.63, 3.8) is 0 Å². The van der Waals surface area contributed by atoms with Gasteiger partial charge in [0.05, 0.1) is 12.3 Å². The Labute approximate surface area is 180 Å². The number of aliphatic hydroxyl groups is 2. The molecule has 5 N–H and O–H groups in total. The van der Waals surface area contributed by atoms with E-state index >= 15 is 0 Å². The number of hydrogen-bond acceptors (Lipinski definition) is 7. The van der Waals surface area contributed by atoms with Crippen LogP contribution in [-0.4, -0.2) is 45.7 Å². The van der Waals surface area contributed by atoms with Gasteiger partial charge >= 0.3 is 6.11 Å². The van der Waals surface area contributed by atoms with Crippen molar-refractivity contribution >= 4 is 30.6 Å². The summed E-state index contributed by atoms with van der Waals surface area (Å²) in [4.78, 5) is 21.2. The lowest BCUT2D eigenvalue weighted by Gasteiger charge is -2.24. The lowest BCUT2D eigenvalue weighted by Crippen LogP contribution is -2.49. The highest BCUT2D eigenvalue weighted by Gasteiger charge is 2.42. The Balaban J connectivity index is 1.87. The fourth-order valence-electron chi connectivity index (χ4n) is 2.07. The van der Waals surface area contributed by atoms with Crippen molar-refractivity contribution in [1.82, 2.24) is 16.3 Å². The highest BCUT2D eigenvalue weighted by atomic mass is 127. The van der Waals surface area contributed by atoms with E-state index in [0.29, 0.717) is 18.6 Å². The van der Waals surface area contributed by atoms with E-state index in [9.17, 15) is 23.1 Å². The number of rotatable bonds is 12. The highest BCUT2D eigenvalue weighted by Crippen LogP contribution is 2.22. The SMILES string of the molecule is O=C(NOC(F)(F)C(O)NC1=C(F)C=IC=C1)c1cccc(CNOCCCO)c1. The van der Waals surface area contributed by atoms with Gasteiger partial charge in [-0.1, -0.05) is 32.9 Å². The van der Waals surface area contributed by atoms with Gasteiger partial charge in [0.1, 0.15) is 0 Å². The van der Waals surface area contributed by atoms with Crippen LogP contribution in [0.2, 0.25) is 0 Å². The Bertz CT molecular complexity index is 820. The first kappa shape index (κ1) is 24.4. The number of benzene rings is 1. The average molecular weight is 543 g/mol. The van der Waals surface area contributed by atoms with Crippen molar-refractivity contribution in [2.75, 3.05) is 13.2 Å². The Morgan fingerprint density at radius 2 is 2.13 bits per heavy atom. The van der Waals surface area contributed by atoms with Crippen molar-refractivity contribution in [3.8, 4) is 0 Å². The summed E-state index contributed by atoms with van der Waals surface area (Å²) in [7, 11) is 0. The van der Waals surface area contributed by atoms with Gasteiger partial charge in [-0.15, -0.1) is 0 Å². The van der Waals surface area contributed by atoms with Crippen molar-refractivity contribution in [3.05, 3.63) is 57.1 Å². The summed E-state index contributed by atoms with van der Waals surface area (Å²) in [5.41, 5.74) is 4.58. The number of nitrogens with one attached hydrogen (secondary N) is 3. The van der Waals surface area contributed by atoms with Crippen LogP contribution in [-0.2, 0) is 16.2 Å². The smallest absolute Gasteiger partial charge is 0.396 e. The second-order valence-electron chi connectivity index (χ2n) is 5.88. The van der Waals surface area contributed by atoms with Gasteiger partial charge < -0.3 is 20.4 Å². The third-order valence-electron chi connectivity index (χ3n) is 3.58. The van der Waals surface area contributed by atoms with Gasteiger partial charge in [-0.3, -0.25) is 4.79 Å². The summed E-state index contributed by atoms with van der Waals surface area (Å²) in [6.07, 6.45) is -5.11. The van der Waals surface area contributed by atoms with Crippen LogP contribution in [0.1, 0.15) is 22.3 Å². The van der Waals surface area contributed by atoms with Crippen LogP contribution in [0.15, 0.2) is 45.9 Å². The molecule has 2 rings (SSSR count). The van der Waals surface area contributed by atoms with Crippen LogP contribution in [0.4, 0.5) is 13.2 Å². The average Bonchev–Trinajstić information content (AvgIpc) is 2.73. The number of carbonyl (C=O) groups excluding carboxylic acids is 1. The number of hydrogen-bond donors (Lipinski definition) is 5. The third kappa shape index (κ3) is 7.77. The second-order valence-corrected chi connectivity index (χ2v) is 7.94. The quantitative estimate of drug-likeness (QED) is 0.118. The second kappa shape index (κ2) is 12.1. The molecule has 0 saturated heterocycles. The zero-order chi connectivity index (χ0) is 22.0. The molecule has 30 heavy (non-hydrogen) atoms. The molecule has 0 saturated carbocycles. The number of carbonyl (C=O) groups is 1. The normalized spacial score (nSPS) is 15.0. The van der Waals surface area contributed by atoms with Gasteiger partial charge in [0.25, 0.3) is 5.91 Å². The molecule has 12 heteroatoms. The van der Waals surface area contributed by atoms with E-state index in [1.807, 2.05) is 5.32 Å². The molecule has 0 aliphatic carbocycles. The van der Waals surface area contributed by atoms with E-state index in [0.717, 1.165) is 0 Å². The summed E-state index contributed by atoms with van der Waals surface area (Å²) in [5, 5.41) is 20.2. The molecular weight excluding hydrogens is 522 g/mol. The van der Waals surface area contributed by atoms with Crippen molar-refractivity contribution in [1.29, 1.82) is 0 Å². The van der Waals surface area contributed by atoms with Crippen LogP contribution >= 0.6 is 20.7 Å². The minimum atomic E-state index is -4.23. The molecule has 8 nitrogen and oxygen atoms in total. The van der Waals surface area contributed by atoms with E-state index < -0.39 is 44.8 Å². The molecule has 1 aromatic rings. The van der Waals surface area contributed by atoms with Crippen LogP contribution in [0.3, 0.4) is 0 Å². The lowest BCUT2D eigenvalue weighted by atomic mass is 10.1. The molecule has 0 fully saturated rings. The van der Waals surface area contributed by atoms with Gasteiger partial charge in [-0.05, 0) is 34.3 Å². The van der Waals surface area contributed by atoms with Gasteiger partial charge in [0.15, 0.2) is 5.83 Å². The molecule has 0 aromatic heterocycles. The van der Waals surface area contributed by atoms with Crippen molar-refractivity contribution < 1.29 is 37.9 Å². The predicted molar refractivity (Wildman–Crippen MR) is 111 cm³/mol. The van der Waals surface area contributed by atoms with Crippen LogP contribution < -0.4 is 16.3 Å². The molecule has 1 atom stereocenters. The zero-order valence-electron chi connectivity index (χ0n) is 15.6. The molecule has 1 unspecified atom stereocenters. The molecule has 1 amide bonds. The largest absolute Gasteiger partial charge is 0.419 e. The molecule has 166 valence electrons. The molecule has 0 bridgehead atoms.